The lowest BCUT2D eigenvalue weighted by Crippen LogP contribution is -2.33. The Kier molecular flexibility index (Phi) is 5.00. The Bertz CT molecular complexity index is 599. The molecule has 2 nitrogen and oxygen atoms in total. The van der Waals surface area contributed by atoms with Crippen LogP contribution in [0.4, 0.5) is 0 Å². The van der Waals surface area contributed by atoms with Gasteiger partial charge >= 0.3 is 0 Å². The van der Waals surface area contributed by atoms with E-state index >= 15 is 0 Å². The molecule has 0 radical (unpaired) electrons. The van der Waals surface area contributed by atoms with Gasteiger partial charge in [0.15, 0.2) is 0 Å². The standard InChI is InChI=1S/C19H21BrO2/c1-15(16-10-6-3-2-4-7-11-16)22-19(14-21-19)18(20)17-12-8-5-9-13-17/h3-4,6,8,10-13,15,18H,2,5,9,14H2,1H3. The normalized spacial score (nSPS) is 29.4. The second-order valence-electron chi connectivity index (χ2n) is 5.75. The van der Waals surface area contributed by atoms with Crippen molar-refractivity contribution < 1.29 is 9.47 Å². The molecule has 0 N–H and O–H groups in total. The summed E-state index contributed by atoms with van der Waals surface area (Å²) in [5.74, 6) is -0.544. The fraction of sp³-hybridized carbons (Fsp3) is 0.421. The van der Waals surface area contributed by atoms with E-state index in [1.165, 1.54) is 5.57 Å². The van der Waals surface area contributed by atoms with E-state index in [2.05, 4.69) is 65.0 Å². The number of hydrogen-bond donors (Lipinski definition) is 0. The third-order valence-electron chi connectivity index (χ3n) is 4.02. The van der Waals surface area contributed by atoms with Crippen LogP contribution in [-0.4, -0.2) is 23.3 Å². The van der Waals surface area contributed by atoms with Gasteiger partial charge in [-0.15, -0.1) is 5.73 Å². The molecule has 116 valence electrons. The van der Waals surface area contributed by atoms with Crippen molar-refractivity contribution in [2.45, 2.75) is 42.9 Å². The molecular formula is C19H21BrO2. The van der Waals surface area contributed by atoms with Crippen molar-refractivity contribution in [3.05, 3.63) is 65.5 Å². The lowest BCUT2D eigenvalue weighted by atomic mass is 10.0. The molecular weight excluding hydrogens is 340 g/mol. The summed E-state index contributed by atoms with van der Waals surface area (Å²) >= 11 is 3.77. The van der Waals surface area contributed by atoms with Crippen molar-refractivity contribution in [1.82, 2.24) is 0 Å². The van der Waals surface area contributed by atoms with Gasteiger partial charge in [-0.2, -0.15) is 0 Å². The predicted molar refractivity (Wildman–Crippen MR) is 92.9 cm³/mol. The van der Waals surface area contributed by atoms with Crippen LogP contribution in [0.3, 0.4) is 0 Å². The number of epoxide rings is 1. The second kappa shape index (κ2) is 6.97. The summed E-state index contributed by atoms with van der Waals surface area (Å²) in [6.07, 6.45) is 20.0. The smallest absolute Gasteiger partial charge is 0.209 e. The highest BCUT2D eigenvalue weighted by molar-refractivity contribution is 9.09. The van der Waals surface area contributed by atoms with Crippen molar-refractivity contribution in [3.8, 4) is 0 Å². The number of halogens is 1. The topological polar surface area (TPSA) is 21.8 Å². The fourth-order valence-corrected chi connectivity index (χ4v) is 3.35. The van der Waals surface area contributed by atoms with E-state index in [1.807, 2.05) is 12.2 Å². The molecule has 0 aromatic rings. The lowest BCUT2D eigenvalue weighted by Gasteiger charge is -2.25. The molecule has 3 heteroatoms. The number of ether oxygens (including phenoxy) is 2. The highest BCUT2D eigenvalue weighted by atomic mass is 79.9. The SMILES string of the molecule is CC(OC1(C(Br)C2=CCCC=C2)CO1)C1=CC=CCC=C=C1. The van der Waals surface area contributed by atoms with Gasteiger partial charge in [-0.1, -0.05) is 52.4 Å². The number of alkyl halides is 1. The third-order valence-corrected chi connectivity index (χ3v) is 5.25. The summed E-state index contributed by atoms with van der Waals surface area (Å²) in [5, 5.41) is 0. The van der Waals surface area contributed by atoms with Gasteiger partial charge in [-0.3, -0.25) is 0 Å². The van der Waals surface area contributed by atoms with E-state index < -0.39 is 5.79 Å². The van der Waals surface area contributed by atoms with Gasteiger partial charge in [0.05, 0.1) is 10.9 Å². The number of rotatable bonds is 5. The summed E-state index contributed by atoms with van der Waals surface area (Å²) < 4.78 is 12.0. The maximum atomic E-state index is 6.27. The average molecular weight is 361 g/mol. The van der Waals surface area contributed by atoms with Gasteiger partial charge in [0.1, 0.15) is 6.61 Å². The van der Waals surface area contributed by atoms with E-state index in [-0.39, 0.29) is 10.9 Å². The van der Waals surface area contributed by atoms with Gasteiger partial charge in [0.25, 0.3) is 0 Å². The van der Waals surface area contributed by atoms with Gasteiger partial charge in [0, 0.05) is 0 Å². The Morgan fingerprint density at radius 2 is 2.18 bits per heavy atom. The van der Waals surface area contributed by atoms with Crippen LogP contribution >= 0.6 is 15.9 Å². The summed E-state index contributed by atoms with van der Waals surface area (Å²) in [6, 6.07) is 0. The van der Waals surface area contributed by atoms with Crippen molar-refractivity contribution in [3.63, 3.8) is 0 Å². The zero-order valence-electron chi connectivity index (χ0n) is 12.8. The Balaban J connectivity index is 1.70. The first-order valence-corrected chi connectivity index (χ1v) is 8.73. The Hall–Kier alpha value is -1.12. The molecule has 0 aromatic carbocycles. The van der Waals surface area contributed by atoms with Gasteiger partial charge in [-0.05, 0) is 49.5 Å². The molecule has 1 aliphatic heterocycles. The first-order chi connectivity index (χ1) is 10.7. The molecule has 0 aromatic heterocycles. The molecule has 3 unspecified atom stereocenters. The highest BCUT2D eigenvalue weighted by Crippen LogP contribution is 2.43. The molecule has 2 aliphatic carbocycles. The quantitative estimate of drug-likeness (QED) is 0.400. The van der Waals surface area contributed by atoms with E-state index in [4.69, 9.17) is 9.47 Å². The Morgan fingerprint density at radius 1 is 1.32 bits per heavy atom. The second-order valence-corrected chi connectivity index (χ2v) is 6.67. The first kappa shape index (κ1) is 15.8. The lowest BCUT2D eigenvalue weighted by molar-refractivity contribution is -0.0629. The van der Waals surface area contributed by atoms with Crippen LogP contribution in [0.1, 0.15) is 26.2 Å². The summed E-state index contributed by atoms with van der Waals surface area (Å²) in [4.78, 5) is 0.0724. The predicted octanol–water partition coefficient (Wildman–Crippen LogP) is 4.76. The zero-order valence-corrected chi connectivity index (χ0v) is 14.4. The average Bonchev–Trinajstić information content (AvgIpc) is 3.27. The van der Waals surface area contributed by atoms with Crippen LogP contribution in [0.5, 0.6) is 0 Å². The number of allylic oxidation sites excluding steroid dienone is 6. The molecule has 0 spiro atoms. The summed E-state index contributed by atoms with van der Waals surface area (Å²) in [6.45, 7) is 2.69. The van der Waals surface area contributed by atoms with Crippen molar-refractivity contribution in [1.29, 1.82) is 0 Å². The summed E-state index contributed by atoms with van der Waals surface area (Å²) in [5.41, 5.74) is 5.55. The molecule has 1 saturated heterocycles. The maximum Gasteiger partial charge on any atom is 0.209 e. The molecule has 0 bridgehead atoms. The molecule has 1 fully saturated rings. The van der Waals surface area contributed by atoms with Crippen LogP contribution in [0, 0.1) is 0 Å². The first-order valence-electron chi connectivity index (χ1n) is 7.81. The van der Waals surface area contributed by atoms with Gasteiger partial charge in [-0.25, -0.2) is 0 Å². The maximum absolute atomic E-state index is 6.27. The summed E-state index contributed by atoms with van der Waals surface area (Å²) in [7, 11) is 0. The monoisotopic (exact) mass is 360 g/mol. The van der Waals surface area contributed by atoms with Gasteiger partial charge < -0.3 is 9.47 Å². The third kappa shape index (κ3) is 3.61. The van der Waals surface area contributed by atoms with Crippen LogP contribution in [0.25, 0.3) is 0 Å². The zero-order chi connectivity index (χ0) is 15.4. The van der Waals surface area contributed by atoms with E-state index in [0.717, 1.165) is 24.8 Å². The van der Waals surface area contributed by atoms with Crippen molar-refractivity contribution >= 4 is 15.9 Å². The minimum absolute atomic E-state index is 0.0422. The molecule has 3 rings (SSSR count). The van der Waals surface area contributed by atoms with Crippen molar-refractivity contribution in [2.75, 3.05) is 6.61 Å². The van der Waals surface area contributed by atoms with E-state index in [9.17, 15) is 0 Å². The van der Waals surface area contributed by atoms with Gasteiger partial charge in [0.2, 0.25) is 5.79 Å². The molecule has 3 aliphatic rings. The minimum atomic E-state index is -0.544. The molecule has 3 atom stereocenters. The fourth-order valence-electron chi connectivity index (χ4n) is 2.64. The minimum Gasteiger partial charge on any atom is -0.341 e. The number of hydrogen-bond acceptors (Lipinski definition) is 2. The van der Waals surface area contributed by atoms with Crippen molar-refractivity contribution in [2.24, 2.45) is 0 Å². The highest BCUT2D eigenvalue weighted by Gasteiger charge is 2.54. The molecule has 0 saturated carbocycles. The van der Waals surface area contributed by atoms with E-state index in [1.54, 1.807) is 0 Å². The Labute approximate surface area is 140 Å². The largest absolute Gasteiger partial charge is 0.341 e. The van der Waals surface area contributed by atoms with Crippen LogP contribution in [0.15, 0.2) is 65.5 Å². The Morgan fingerprint density at radius 3 is 2.91 bits per heavy atom. The molecule has 1 heterocycles. The van der Waals surface area contributed by atoms with Crippen LogP contribution in [-0.2, 0) is 9.47 Å². The van der Waals surface area contributed by atoms with Crippen LogP contribution < -0.4 is 0 Å². The molecule has 0 amide bonds. The molecule has 22 heavy (non-hydrogen) atoms. The van der Waals surface area contributed by atoms with E-state index in [0.29, 0.717) is 6.61 Å². The van der Waals surface area contributed by atoms with Crippen LogP contribution in [0.2, 0.25) is 0 Å².